The van der Waals surface area contributed by atoms with Crippen LogP contribution in [0.15, 0.2) is 0 Å². The number of likely N-dealkylation sites (tertiary alicyclic amines) is 1. The summed E-state index contributed by atoms with van der Waals surface area (Å²) in [6.07, 6.45) is 12.4. The first-order valence-corrected chi connectivity index (χ1v) is 7.51. The fourth-order valence-electron chi connectivity index (χ4n) is 4.72. The molecule has 0 aromatic rings. The Morgan fingerprint density at radius 1 is 1.00 bits per heavy atom. The van der Waals surface area contributed by atoms with Gasteiger partial charge < -0.3 is 4.90 Å². The van der Waals surface area contributed by atoms with E-state index in [9.17, 15) is 0 Å². The molecule has 0 aromatic heterocycles. The van der Waals surface area contributed by atoms with E-state index in [2.05, 4.69) is 11.9 Å². The zero-order valence-corrected chi connectivity index (χ0v) is 10.8. The van der Waals surface area contributed by atoms with Gasteiger partial charge in [-0.3, -0.25) is 0 Å². The molecule has 0 unspecified atom stereocenters. The average Bonchev–Trinajstić information content (AvgIpc) is 2.22. The first-order valence-electron chi connectivity index (χ1n) is 7.51. The molecule has 0 aliphatic carbocycles. The summed E-state index contributed by atoms with van der Waals surface area (Å²) in [5.41, 5.74) is 0. The van der Waals surface area contributed by atoms with E-state index in [0.29, 0.717) is 0 Å². The highest BCUT2D eigenvalue weighted by Crippen LogP contribution is 2.48. The molecule has 3 aliphatic rings. The van der Waals surface area contributed by atoms with Gasteiger partial charge >= 0.3 is 0 Å². The van der Waals surface area contributed by atoms with Crippen molar-refractivity contribution in [2.75, 3.05) is 20.1 Å². The molecule has 0 saturated carbocycles. The standard InChI is InChI=1S/C14H26BN/c1-16-10-12(11-16)8-9-15-13-4-2-5-14(15)7-3-6-13/h12-14H,2-11H2,1H3. The maximum Gasteiger partial charge on any atom is 0.146 e. The van der Waals surface area contributed by atoms with Gasteiger partial charge in [-0.2, -0.15) is 0 Å². The molecule has 3 saturated heterocycles. The van der Waals surface area contributed by atoms with Crippen LogP contribution in [0.1, 0.15) is 44.9 Å². The zero-order valence-electron chi connectivity index (χ0n) is 10.8. The minimum atomic E-state index is 1.05. The lowest BCUT2D eigenvalue weighted by Crippen LogP contribution is -2.44. The second-order valence-corrected chi connectivity index (χ2v) is 6.71. The normalized spacial score (nSPS) is 36.2. The molecule has 90 valence electrons. The molecule has 0 amide bonds. The number of fused-ring (bicyclic) bond motifs is 2. The minimum absolute atomic E-state index is 1.05. The first-order chi connectivity index (χ1) is 7.83. The van der Waals surface area contributed by atoms with Gasteiger partial charge in [-0.1, -0.05) is 62.9 Å². The molecule has 3 rings (SSSR count). The molecular formula is C14H26BN. The second-order valence-electron chi connectivity index (χ2n) is 6.71. The Hall–Kier alpha value is 0.0249. The van der Waals surface area contributed by atoms with Crippen LogP contribution in [0.5, 0.6) is 0 Å². The minimum Gasteiger partial charge on any atom is -0.306 e. The maximum atomic E-state index is 2.46. The van der Waals surface area contributed by atoms with Crippen molar-refractivity contribution in [1.82, 2.24) is 4.90 Å². The molecule has 3 heterocycles. The summed E-state index contributed by atoms with van der Waals surface area (Å²) in [7, 11) is 2.26. The van der Waals surface area contributed by atoms with Crippen LogP contribution in [-0.4, -0.2) is 31.7 Å². The van der Waals surface area contributed by atoms with E-state index in [1.54, 1.807) is 32.0 Å². The third kappa shape index (κ3) is 2.18. The van der Waals surface area contributed by atoms with Gasteiger partial charge in [-0.15, -0.1) is 0 Å². The van der Waals surface area contributed by atoms with Crippen LogP contribution in [0, 0.1) is 5.92 Å². The smallest absolute Gasteiger partial charge is 0.146 e. The maximum absolute atomic E-state index is 2.46. The Labute approximate surface area is 101 Å². The van der Waals surface area contributed by atoms with Crippen LogP contribution < -0.4 is 0 Å². The lowest BCUT2D eigenvalue weighted by molar-refractivity contribution is 0.131. The highest BCUT2D eigenvalue weighted by molar-refractivity contribution is 6.62. The largest absolute Gasteiger partial charge is 0.306 e. The van der Waals surface area contributed by atoms with E-state index in [-0.39, 0.29) is 0 Å². The molecule has 0 aromatic carbocycles. The van der Waals surface area contributed by atoms with Gasteiger partial charge in [0.25, 0.3) is 0 Å². The van der Waals surface area contributed by atoms with E-state index in [1.165, 1.54) is 32.4 Å². The number of hydrogen-bond donors (Lipinski definition) is 0. The third-order valence-corrected chi connectivity index (χ3v) is 5.56. The number of nitrogens with zero attached hydrogens (tertiary/aromatic N) is 1. The quantitative estimate of drug-likeness (QED) is 0.656. The molecule has 0 atom stereocenters. The van der Waals surface area contributed by atoms with Crippen LogP contribution in [0.4, 0.5) is 0 Å². The first kappa shape index (κ1) is 11.1. The van der Waals surface area contributed by atoms with E-state index in [4.69, 9.17) is 0 Å². The van der Waals surface area contributed by atoms with Crippen molar-refractivity contribution < 1.29 is 0 Å². The summed E-state index contributed by atoms with van der Waals surface area (Å²) in [4.78, 5) is 2.46. The van der Waals surface area contributed by atoms with Crippen LogP contribution >= 0.6 is 0 Å². The Morgan fingerprint density at radius 3 is 2.06 bits per heavy atom. The van der Waals surface area contributed by atoms with Crippen molar-refractivity contribution >= 4 is 6.71 Å². The average molecular weight is 219 g/mol. The van der Waals surface area contributed by atoms with Gasteiger partial charge in [0, 0.05) is 13.1 Å². The lowest BCUT2D eigenvalue weighted by atomic mass is 9.25. The highest BCUT2D eigenvalue weighted by atomic mass is 15.2. The van der Waals surface area contributed by atoms with E-state index in [1.807, 2.05) is 0 Å². The van der Waals surface area contributed by atoms with Crippen molar-refractivity contribution in [3.63, 3.8) is 0 Å². The summed E-state index contributed by atoms with van der Waals surface area (Å²) >= 11 is 0. The van der Waals surface area contributed by atoms with Crippen molar-refractivity contribution in [2.45, 2.75) is 62.9 Å². The zero-order chi connectivity index (χ0) is 11.0. The topological polar surface area (TPSA) is 3.24 Å². The van der Waals surface area contributed by atoms with E-state index >= 15 is 0 Å². The third-order valence-electron chi connectivity index (χ3n) is 5.56. The molecule has 0 N–H and O–H groups in total. The summed E-state index contributed by atoms with van der Waals surface area (Å²) in [5, 5.41) is 0. The van der Waals surface area contributed by atoms with Crippen molar-refractivity contribution in [1.29, 1.82) is 0 Å². The molecule has 1 nitrogen and oxygen atoms in total. The fourth-order valence-corrected chi connectivity index (χ4v) is 4.72. The molecule has 16 heavy (non-hydrogen) atoms. The molecule has 2 bridgehead atoms. The Morgan fingerprint density at radius 2 is 1.56 bits per heavy atom. The van der Waals surface area contributed by atoms with Crippen molar-refractivity contribution in [3.05, 3.63) is 0 Å². The van der Waals surface area contributed by atoms with E-state index < -0.39 is 0 Å². The van der Waals surface area contributed by atoms with Crippen molar-refractivity contribution in [2.24, 2.45) is 5.92 Å². The van der Waals surface area contributed by atoms with Crippen LogP contribution in [0.25, 0.3) is 0 Å². The van der Waals surface area contributed by atoms with Gasteiger partial charge in [0.15, 0.2) is 0 Å². The van der Waals surface area contributed by atoms with Gasteiger partial charge in [0.1, 0.15) is 6.71 Å². The Balaban J connectivity index is 1.49. The summed E-state index contributed by atoms with van der Waals surface area (Å²) < 4.78 is 0. The monoisotopic (exact) mass is 219 g/mol. The molecular weight excluding hydrogens is 193 g/mol. The predicted octanol–water partition coefficient (Wildman–Crippen LogP) is 3.54. The summed E-state index contributed by atoms with van der Waals surface area (Å²) in [5.74, 6) is 3.31. The summed E-state index contributed by atoms with van der Waals surface area (Å²) in [6.45, 7) is 3.89. The van der Waals surface area contributed by atoms with Gasteiger partial charge in [0.2, 0.25) is 0 Å². The van der Waals surface area contributed by atoms with Crippen LogP contribution in [-0.2, 0) is 0 Å². The van der Waals surface area contributed by atoms with Crippen molar-refractivity contribution in [3.8, 4) is 0 Å². The molecule has 3 aliphatic heterocycles. The SMILES string of the molecule is CN1CC(CCB2C3CCCC2CCC3)C1. The Bertz CT molecular complexity index is 215. The Kier molecular flexibility index (Phi) is 3.28. The fraction of sp³-hybridized carbons (Fsp3) is 1.00. The molecule has 3 fully saturated rings. The van der Waals surface area contributed by atoms with Gasteiger partial charge in [-0.05, 0) is 13.0 Å². The van der Waals surface area contributed by atoms with Crippen LogP contribution in [0.2, 0.25) is 18.0 Å². The van der Waals surface area contributed by atoms with Gasteiger partial charge in [0.05, 0.1) is 0 Å². The van der Waals surface area contributed by atoms with E-state index in [0.717, 1.165) is 24.3 Å². The summed E-state index contributed by atoms with van der Waals surface area (Å²) in [6, 6.07) is 0. The lowest BCUT2D eigenvalue weighted by Gasteiger charge is -2.42. The molecule has 0 radical (unpaired) electrons. The van der Waals surface area contributed by atoms with Crippen LogP contribution in [0.3, 0.4) is 0 Å². The predicted molar refractivity (Wildman–Crippen MR) is 71.4 cm³/mol. The number of rotatable bonds is 3. The number of hydrogen-bond acceptors (Lipinski definition) is 1. The van der Waals surface area contributed by atoms with Gasteiger partial charge in [-0.25, -0.2) is 0 Å². The highest BCUT2D eigenvalue weighted by Gasteiger charge is 2.39. The molecule has 2 heteroatoms. The second kappa shape index (κ2) is 4.72. The molecule has 0 spiro atoms.